The van der Waals surface area contributed by atoms with Gasteiger partial charge in [0.05, 0.1) is 0 Å². The highest BCUT2D eigenvalue weighted by Crippen LogP contribution is 2.11. The minimum absolute atomic E-state index is 0.190. The lowest BCUT2D eigenvalue weighted by Gasteiger charge is -2.17. The van der Waals surface area contributed by atoms with E-state index in [9.17, 15) is 4.39 Å². The molecule has 96 valence electrons. The molecule has 2 N–H and O–H groups in total. The van der Waals surface area contributed by atoms with E-state index in [1.165, 1.54) is 25.3 Å². The maximum atomic E-state index is 13.3. The largest absolute Gasteiger partial charge is 0.326 e. The lowest BCUT2D eigenvalue weighted by molar-refractivity contribution is 0.317. The van der Waals surface area contributed by atoms with E-state index >= 15 is 0 Å². The van der Waals surface area contributed by atoms with E-state index in [0.29, 0.717) is 6.54 Å². The maximum absolute atomic E-state index is 13.3. The molecule has 1 aromatic carbocycles. The van der Waals surface area contributed by atoms with Gasteiger partial charge >= 0.3 is 0 Å². The molecule has 0 heterocycles. The summed E-state index contributed by atoms with van der Waals surface area (Å²) in [6, 6.07) is 5.08. The Morgan fingerprint density at radius 3 is 2.53 bits per heavy atom. The highest BCUT2D eigenvalue weighted by atomic mass is 19.1. The second-order valence-electron chi connectivity index (χ2n) is 4.62. The van der Waals surface area contributed by atoms with Crippen LogP contribution < -0.4 is 5.73 Å². The second kappa shape index (κ2) is 7.41. The van der Waals surface area contributed by atoms with E-state index in [1.54, 1.807) is 6.07 Å². The molecule has 0 fully saturated rings. The van der Waals surface area contributed by atoms with Gasteiger partial charge in [0.1, 0.15) is 5.82 Å². The summed E-state index contributed by atoms with van der Waals surface area (Å²) in [6.07, 6.45) is 3.68. The van der Waals surface area contributed by atoms with Gasteiger partial charge in [0.15, 0.2) is 0 Å². The van der Waals surface area contributed by atoms with Crippen molar-refractivity contribution in [2.75, 3.05) is 13.6 Å². The van der Waals surface area contributed by atoms with Gasteiger partial charge in [-0.3, -0.25) is 0 Å². The third-order valence-electron chi connectivity index (χ3n) is 2.85. The topological polar surface area (TPSA) is 29.3 Å². The Balaban J connectivity index is 2.52. The zero-order valence-electron chi connectivity index (χ0n) is 10.9. The SMILES string of the molecule is CCCCCN(C)Cc1cc(F)cc(CN)c1. The number of nitrogens with two attached hydrogens (primary N) is 1. The fourth-order valence-electron chi connectivity index (χ4n) is 1.95. The van der Waals surface area contributed by atoms with E-state index in [-0.39, 0.29) is 5.82 Å². The van der Waals surface area contributed by atoms with Crippen molar-refractivity contribution in [3.05, 3.63) is 35.1 Å². The summed E-state index contributed by atoms with van der Waals surface area (Å²) < 4.78 is 13.3. The Hall–Kier alpha value is -0.930. The average Bonchev–Trinajstić information content (AvgIpc) is 2.28. The van der Waals surface area contributed by atoms with Gasteiger partial charge in [-0.15, -0.1) is 0 Å². The monoisotopic (exact) mass is 238 g/mol. The van der Waals surface area contributed by atoms with Crippen molar-refractivity contribution in [2.45, 2.75) is 39.3 Å². The van der Waals surface area contributed by atoms with Crippen molar-refractivity contribution in [1.29, 1.82) is 0 Å². The first-order valence-corrected chi connectivity index (χ1v) is 6.32. The van der Waals surface area contributed by atoms with Crippen LogP contribution in [0, 0.1) is 5.82 Å². The molecule has 0 saturated carbocycles. The van der Waals surface area contributed by atoms with Crippen LogP contribution in [0.5, 0.6) is 0 Å². The van der Waals surface area contributed by atoms with Crippen LogP contribution in [0.2, 0.25) is 0 Å². The Bertz CT molecular complexity index is 339. The summed E-state index contributed by atoms with van der Waals surface area (Å²) >= 11 is 0. The normalized spacial score (nSPS) is 11.1. The van der Waals surface area contributed by atoms with Gasteiger partial charge in [0.2, 0.25) is 0 Å². The van der Waals surface area contributed by atoms with Crippen LogP contribution in [0.3, 0.4) is 0 Å². The fourth-order valence-corrected chi connectivity index (χ4v) is 1.95. The quantitative estimate of drug-likeness (QED) is 0.740. The summed E-state index contributed by atoms with van der Waals surface area (Å²) in [5.41, 5.74) is 7.40. The molecule has 0 spiro atoms. The Morgan fingerprint density at radius 2 is 1.88 bits per heavy atom. The van der Waals surface area contributed by atoms with E-state index in [0.717, 1.165) is 24.2 Å². The van der Waals surface area contributed by atoms with Crippen LogP contribution in [0.15, 0.2) is 18.2 Å². The predicted molar refractivity (Wildman–Crippen MR) is 70.2 cm³/mol. The number of hydrogen-bond acceptors (Lipinski definition) is 2. The van der Waals surface area contributed by atoms with Crippen molar-refractivity contribution in [1.82, 2.24) is 4.90 Å². The zero-order valence-corrected chi connectivity index (χ0v) is 10.9. The van der Waals surface area contributed by atoms with Gasteiger partial charge in [0, 0.05) is 13.1 Å². The molecule has 0 aliphatic carbocycles. The van der Waals surface area contributed by atoms with Crippen LogP contribution >= 0.6 is 0 Å². The molecule has 0 amide bonds. The second-order valence-corrected chi connectivity index (χ2v) is 4.62. The Kier molecular flexibility index (Phi) is 6.16. The number of hydrogen-bond donors (Lipinski definition) is 1. The summed E-state index contributed by atoms with van der Waals surface area (Å²) in [7, 11) is 2.07. The first-order valence-electron chi connectivity index (χ1n) is 6.32. The highest BCUT2D eigenvalue weighted by molar-refractivity contribution is 5.24. The average molecular weight is 238 g/mol. The standard InChI is InChI=1S/C14H23FN2/c1-3-4-5-6-17(2)11-13-7-12(10-16)8-14(15)9-13/h7-9H,3-6,10-11,16H2,1-2H3. The molecule has 3 heteroatoms. The number of benzene rings is 1. The van der Waals surface area contributed by atoms with Crippen molar-refractivity contribution < 1.29 is 4.39 Å². The number of halogens is 1. The van der Waals surface area contributed by atoms with Crippen molar-refractivity contribution in [3.8, 4) is 0 Å². The summed E-state index contributed by atoms with van der Waals surface area (Å²) in [4.78, 5) is 2.23. The van der Waals surface area contributed by atoms with E-state index < -0.39 is 0 Å². The number of nitrogens with zero attached hydrogens (tertiary/aromatic N) is 1. The molecule has 0 unspecified atom stereocenters. The molecule has 0 aliphatic rings. The fraction of sp³-hybridized carbons (Fsp3) is 0.571. The third kappa shape index (κ3) is 5.29. The Morgan fingerprint density at radius 1 is 1.18 bits per heavy atom. The molecule has 2 nitrogen and oxygen atoms in total. The molecule has 1 rings (SSSR count). The molecular formula is C14H23FN2. The van der Waals surface area contributed by atoms with Crippen LogP contribution in [0.25, 0.3) is 0 Å². The van der Waals surface area contributed by atoms with Crippen LogP contribution in [0.4, 0.5) is 4.39 Å². The molecule has 0 saturated heterocycles. The van der Waals surface area contributed by atoms with Gasteiger partial charge in [-0.1, -0.05) is 25.8 Å². The molecule has 0 aromatic heterocycles. The molecule has 0 radical (unpaired) electrons. The predicted octanol–water partition coefficient (Wildman–Crippen LogP) is 2.91. The highest BCUT2D eigenvalue weighted by Gasteiger charge is 2.03. The zero-order chi connectivity index (χ0) is 12.7. The van der Waals surface area contributed by atoms with Crippen LogP contribution in [-0.2, 0) is 13.1 Å². The van der Waals surface area contributed by atoms with Crippen LogP contribution in [0.1, 0.15) is 37.3 Å². The molecule has 1 aromatic rings. The molecule has 0 aliphatic heterocycles. The van der Waals surface area contributed by atoms with Gasteiger partial charge in [-0.25, -0.2) is 4.39 Å². The Labute approximate surface area is 104 Å². The first-order chi connectivity index (χ1) is 8.15. The summed E-state index contributed by atoms with van der Waals surface area (Å²) in [6.45, 7) is 4.43. The van der Waals surface area contributed by atoms with E-state index in [2.05, 4.69) is 18.9 Å². The smallest absolute Gasteiger partial charge is 0.123 e. The van der Waals surface area contributed by atoms with Gasteiger partial charge in [-0.2, -0.15) is 0 Å². The van der Waals surface area contributed by atoms with Crippen molar-refractivity contribution in [2.24, 2.45) is 5.73 Å². The molecule has 17 heavy (non-hydrogen) atoms. The molecule has 0 bridgehead atoms. The summed E-state index contributed by atoms with van der Waals surface area (Å²) in [5.74, 6) is -0.190. The van der Waals surface area contributed by atoms with Gasteiger partial charge in [0.25, 0.3) is 0 Å². The van der Waals surface area contributed by atoms with Crippen molar-refractivity contribution >= 4 is 0 Å². The number of rotatable bonds is 7. The molecular weight excluding hydrogens is 215 g/mol. The first kappa shape index (κ1) is 14.1. The summed E-state index contributed by atoms with van der Waals surface area (Å²) in [5, 5.41) is 0. The van der Waals surface area contributed by atoms with Crippen molar-refractivity contribution in [3.63, 3.8) is 0 Å². The van der Waals surface area contributed by atoms with E-state index in [1.807, 2.05) is 6.07 Å². The minimum Gasteiger partial charge on any atom is -0.326 e. The third-order valence-corrected chi connectivity index (χ3v) is 2.85. The van der Waals surface area contributed by atoms with Gasteiger partial charge < -0.3 is 10.6 Å². The number of unbranched alkanes of at least 4 members (excludes halogenated alkanes) is 2. The van der Waals surface area contributed by atoms with Gasteiger partial charge in [-0.05, 0) is 43.3 Å². The maximum Gasteiger partial charge on any atom is 0.123 e. The minimum atomic E-state index is -0.190. The van der Waals surface area contributed by atoms with Crippen LogP contribution in [-0.4, -0.2) is 18.5 Å². The van der Waals surface area contributed by atoms with E-state index in [4.69, 9.17) is 5.73 Å². The molecule has 0 atom stereocenters. The lowest BCUT2D eigenvalue weighted by Crippen LogP contribution is -2.19. The lowest BCUT2D eigenvalue weighted by atomic mass is 10.1.